The number of amides is 1. The smallest absolute Gasteiger partial charge is 0.335 e. The number of likely N-dealkylation sites (tertiary alicyclic amines) is 1. The molecular formula is C28H28ClNO4S. The van der Waals surface area contributed by atoms with Crippen molar-refractivity contribution < 1.29 is 19.8 Å². The number of carboxylic acids is 1. The number of aliphatic hydroxyl groups is 1. The molecule has 0 spiro atoms. The lowest BCUT2D eigenvalue weighted by Crippen LogP contribution is -2.33. The molecule has 2 aromatic carbocycles. The lowest BCUT2D eigenvalue weighted by Gasteiger charge is -2.22. The fraction of sp³-hybridized carbons (Fsp3) is 0.286. The number of aromatic carboxylic acids is 1. The number of nitrogens with zero attached hydrogens (tertiary/aromatic N) is 1. The number of thiophene rings is 1. The molecule has 1 fully saturated rings. The Kier molecular flexibility index (Phi) is 8.06. The van der Waals surface area contributed by atoms with Gasteiger partial charge >= 0.3 is 5.97 Å². The fourth-order valence-corrected chi connectivity index (χ4v) is 5.69. The molecule has 3 aromatic rings. The van der Waals surface area contributed by atoms with Crippen LogP contribution in [0.2, 0.25) is 5.02 Å². The van der Waals surface area contributed by atoms with Crippen molar-refractivity contribution in [2.45, 2.75) is 44.8 Å². The predicted molar refractivity (Wildman–Crippen MR) is 140 cm³/mol. The van der Waals surface area contributed by atoms with Crippen LogP contribution in [0.25, 0.3) is 10.4 Å². The molecule has 1 aliphatic heterocycles. The molecule has 5 nitrogen and oxygen atoms in total. The summed E-state index contributed by atoms with van der Waals surface area (Å²) in [5.41, 5.74) is 3.52. The van der Waals surface area contributed by atoms with Gasteiger partial charge in [0.25, 0.3) is 0 Å². The van der Waals surface area contributed by atoms with E-state index in [0.717, 1.165) is 45.7 Å². The number of rotatable bonds is 9. The molecule has 0 bridgehead atoms. The lowest BCUT2D eigenvalue weighted by atomic mass is 10.1. The minimum absolute atomic E-state index is 0.0236. The van der Waals surface area contributed by atoms with Gasteiger partial charge in [-0.2, -0.15) is 0 Å². The zero-order valence-electron chi connectivity index (χ0n) is 19.5. The zero-order chi connectivity index (χ0) is 24.9. The highest BCUT2D eigenvalue weighted by molar-refractivity contribution is 7.15. The highest BCUT2D eigenvalue weighted by atomic mass is 35.5. The average molecular weight is 510 g/mol. The molecular weight excluding hydrogens is 482 g/mol. The van der Waals surface area contributed by atoms with Gasteiger partial charge in [0.05, 0.1) is 11.6 Å². The number of hydrogen-bond donors (Lipinski definition) is 2. The fourth-order valence-electron chi connectivity index (χ4n) is 4.40. The Morgan fingerprint density at radius 3 is 2.69 bits per heavy atom. The predicted octanol–water partition coefficient (Wildman–Crippen LogP) is 6.29. The van der Waals surface area contributed by atoms with E-state index in [1.54, 1.807) is 29.5 Å². The molecule has 0 radical (unpaired) electrons. The number of hydrogen-bond acceptors (Lipinski definition) is 4. The maximum atomic E-state index is 12.4. The molecule has 1 amide bonds. The third-order valence-electron chi connectivity index (χ3n) is 6.33. The Labute approximate surface area is 214 Å². The van der Waals surface area contributed by atoms with Gasteiger partial charge in [0.15, 0.2) is 0 Å². The van der Waals surface area contributed by atoms with Crippen LogP contribution in [0.4, 0.5) is 0 Å². The van der Waals surface area contributed by atoms with Gasteiger partial charge in [-0.25, -0.2) is 4.79 Å². The molecule has 2 atom stereocenters. The van der Waals surface area contributed by atoms with E-state index >= 15 is 0 Å². The highest BCUT2D eigenvalue weighted by Gasteiger charge is 2.28. The van der Waals surface area contributed by atoms with E-state index in [4.69, 9.17) is 16.7 Å². The Morgan fingerprint density at radius 1 is 1.20 bits per heavy atom. The number of carbonyl (C=O) groups is 2. The maximum absolute atomic E-state index is 12.4. The Bertz CT molecular complexity index is 1230. The molecule has 1 unspecified atom stereocenters. The summed E-state index contributed by atoms with van der Waals surface area (Å²) in [6, 6.07) is 16.6. The summed E-state index contributed by atoms with van der Waals surface area (Å²) in [5, 5.41) is 20.5. The number of halogens is 1. The van der Waals surface area contributed by atoms with E-state index in [-0.39, 0.29) is 17.5 Å². The molecule has 1 saturated heterocycles. The van der Waals surface area contributed by atoms with Crippen LogP contribution in [0.15, 0.2) is 66.7 Å². The standard InChI is InChI=1S/C28H28ClNO4S/c1-18-17-21(29)8-11-23(18)25-13-14-26(35-25)24(31)12-9-22-10-15-27(32)30(22)16-2-3-19-4-6-20(7-5-19)28(33)34/h4-9,11-14,17,22,24,31H,2-3,10,15-16H2,1H3,(H,33,34)/b12-9+/t22-,24?/m0/s1. The van der Waals surface area contributed by atoms with Crippen LogP contribution in [0.5, 0.6) is 0 Å². The van der Waals surface area contributed by atoms with Gasteiger partial charge in [0, 0.05) is 27.7 Å². The van der Waals surface area contributed by atoms with E-state index in [0.29, 0.717) is 18.0 Å². The van der Waals surface area contributed by atoms with Crippen LogP contribution < -0.4 is 0 Å². The summed E-state index contributed by atoms with van der Waals surface area (Å²) in [6.07, 6.45) is 5.82. The van der Waals surface area contributed by atoms with Crippen molar-refractivity contribution in [3.05, 3.63) is 93.3 Å². The van der Waals surface area contributed by atoms with Gasteiger partial charge < -0.3 is 15.1 Å². The Morgan fingerprint density at radius 2 is 1.97 bits per heavy atom. The molecule has 7 heteroatoms. The molecule has 1 aliphatic rings. The number of carbonyl (C=O) groups excluding carboxylic acids is 1. The molecule has 1 aromatic heterocycles. The summed E-state index contributed by atoms with van der Waals surface area (Å²) in [5.74, 6) is -0.804. The van der Waals surface area contributed by atoms with Gasteiger partial charge in [0.2, 0.25) is 5.91 Å². The first-order valence-corrected chi connectivity index (χ1v) is 12.9. The third-order valence-corrected chi connectivity index (χ3v) is 7.75. The molecule has 2 N–H and O–H groups in total. The largest absolute Gasteiger partial charge is 0.478 e. The monoisotopic (exact) mass is 509 g/mol. The summed E-state index contributed by atoms with van der Waals surface area (Å²) in [6.45, 7) is 2.65. The average Bonchev–Trinajstić information content (AvgIpc) is 3.45. The van der Waals surface area contributed by atoms with Crippen LogP contribution >= 0.6 is 22.9 Å². The van der Waals surface area contributed by atoms with E-state index in [1.165, 1.54) is 0 Å². The van der Waals surface area contributed by atoms with Crippen molar-refractivity contribution in [1.82, 2.24) is 4.90 Å². The van der Waals surface area contributed by atoms with Crippen molar-refractivity contribution in [3.63, 3.8) is 0 Å². The summed E-state index contributed by atoms with van der Waals surface area (Å²) in [7, 11) is 0. The summed E-state index contributed by atoms with van der Waals surface area (Å²) >= 11 is 7.62. The number of aryl methyl sites for hydroxylation is 2. The maximum Gasteiger partial charge on any atom is 0.335 e. The summed E-state index contributed by atoms with van der Waals surface area (Å²) in [4.78, 5) is 27.2. The number of aliphatic hydroxyl groups excluding tert-OH is 1. The van der Waals surface area contributed by atoms with Crippen molar-refractivity contribution >= 4 is 34.8 Å². The topological polar surface area (TPSA) is 77.8 Å². The van der Waals surface area contributed by atoms with E-state index in [2.05, 4.69) is 0 Å². The number of benzene rings is 2. The van der Waals surface area contributed by atoms with Gasteiger partial charge in [-0.3, -0.25) is 4.79 Å². The van der Waals surface area contributed by atoms with Crippen molar-refractivity contribution in [1.29, 1.82) is 0 Å². The lowest BCUT2D eigenvalue weighted by molar-refractivity contribution is -0.128. The SMILES string of the molecule is Cc1cc(Cl)ccc1-c1ccc(C(O)/C=C/[C@H]2CCC(=O)N2CCCc2ccc(C(=O)O)cc2)s1. The van der Waals surface area contributed by atoms with Gasteiger partial charge in [0.1, 0.15) is 6.10 Å². The normalized spacial score (nSPS) is 16.8. The van der Waals surface area contributed by atoms with Crippen LogP contribution in [0, 0.1) is 6.92 Å². The first-order chi connectivity index (χ1) is 16.8. The van der Waals surface area contributed by atoms with E-state index in [9.17, 15) is 14.7 Å². The second kappa shape index (κ2) is 11.2. The number of carboxylic acid groups (broad SMARTS) is 1. The molecule has 0 saturated carbocycles. The van der Waals surface area contributed by atoms with Crippen LogP contribution in [0.3, 0.4) is 0 Å². The second-order valence-electron chi connectivity index (χ2n) is 8.79. The quantitative estimate of drug-likeness (QED) is 0.332. The van der Waals surface area contributed by atoms with E-state index < -0.39 is 12.1 Å². The first-order valence-electron chi connectivity index (χ1n) is 11.7. The van der Waals surface area contributed by atoms with Crippen LogP contribution in [0.1, 0.15) is 51.7 Å². The molecule has 4 rings (SSSR count). The Balaban J connectivity index is 1.34. The molecule has 2 heterocycles. The minimum Gasteiger partial charge on any atom is -0.478 e. The van der Waals surface area contributed by atoms with Crippen LogP contribution in [-0.4, -0.2) is 39.6 Å². The van der Waals surface area contributed by atoms with Crippen molar-refractivity contribution in [2.24, 2.45) is 0 Å². The molecule has 0 aliphatic carbocycles. The highest BCUT2D eigenvalue weighted by Crippen LogP contribution is 2.35. The minimum atomic E-state index is -0.935. The zero-order valence-corrected chi connectivity index (χ0v) is 21.1. The van der Waals surface area contributed by atoms with Crippen molar-refractivity contribution in [2.75, 3.05) is 6.54 Å². The van der Waals surface area contributed by atoms with Gasteiger partial charge in [-0.1, -0.05) is 42.0 Å². The van der Waals surface area contributed by atoms with E-state index in [1.807, 2.05) is 60.4 Å². The Hall–Kier alpha value is -2.93. The van der Waals surface area contributed by atoms with Gasteiger partial charge in [-0.05, 0) is 79.3 Å². The first kappa shape index (κ1) is 25.2. The van der Waals surface area contributed by atoms with Crippen LogP contribution in [-0.2, 0) is 11.2 Å². The third kappa shape index (κ3) is 6.20. The molecule has 35 heavy (non-hydrogen) atoms. The second-order valence-corrected chi connectivity index (χ2v) is 10.3. The van der Waals surface area contributed by atoms with Crippen molar-refractivity contribution in [3.8, 4) is 10.4 Å². The molecule has 182 valence electrons. The van der Waals surface area contributed by atoms with Gasteiger partial charge in [-0.15, -0.1) is 11.3 Å². The summed E-state index contributed by atoms with van der Waals surface area (Å²) < 4.78 is 0.